The van der Waals surface area contributed by atoms with Gasteiger partial charge in [0.1, 0.15) is 6.10 Å². The lowest BCUT2D eigenvalue weighted by Gasteiger charge is -2.21. The van der Waals surface area contributed by atoms with Gasteiger partial charge in [0.25, 0.3) is 0 Å². The summed E-state index contributed by atoms with van der Waals surface area (Å²) in [5.41, 5.74) is 0. The summed E-state index contributed by atoms with van der Waals surface area (Å²) >= 11 is 0. The predicted molar refractivity (Wildman–Crippen MR) is 56.1 cm³/mol. The number of carbonyl (C=O) groups is 1. The zero-order valence-corrected chi connectivity index (χ0v) is 9.36. The van der Waals surface area contributed by atoms with Gasteiger partial charge in [0.15, 0.2) is 5.78 Å². The van der Waals surface area contributed by atoms with Crippen LogP contribution in [-0.2, 0) is 9.53 Å². The highest BCUT2D eigenvalue weighted by Crippen LogP contribution is 2.10. The topological polar surface area (TPSA) is 46.5 Å². The van der Waals surface area contributed by atoms with Crippen LogP contribution < -0.4 is 0 Å². The van der Waals surface area contributed by atoms with Gasteiger partial charge in [-0.25, -0.2) is 0 Å². The van der Waals surface area contributed by atoms with E-state index in [2.05, 4.69) is 0 Å². The summed E-state index contributed by atoms with van der Waals surface area (Å²) in [6.07, 6.45) is 2.60. The van der Waals surface area contributed by atoms with E-state index in [1.165, 1.54) is 13.2 Å². The fourth-order valence-electron chi connectivity index (χ4n) is 1.03. The van der Waals surface area contributed by atoms with Gasteiger partial charge in [0.05, 0.1) is 6.10 Å². The van der Waals surface area contributed by atoms with Gasteiger partial charge in [-0.15, -0.1) is 0 Å². The number of rotatable bonds is 6. The number of allylic oxidation sites excluding steroid dienone is 1. The van der Waals surface area contributed by atoms with Crippen molar-refractivity contribution in [3.05, 3.63) is 12.2 Å². The average molecular weight is 200 g/mol. The van der Waals surface area contributed by atoms with Gasteiger partial charge >= 0.3 is 0 Å². The standard InChI is InChI=1S/C11H20O3/c1-5-9(12)6-7-10(14-4)11(13)8(2)3/h6-8,10-11,13H,5H2,1-4H3/t10-,11+/m0/s1. The van der Waals surface area contributed by atoms with Crippen molar-refractivity contribution < 1.29 is 14.6 Å². The van der Waals surface area contributed by atoms with E-state index >= 15 is 0 Å². The molecule has 3 nitrogen and oxygen atoms in total. The zero-order chi connectivity index (χ0) is 11.1. The van der Waals surface area contributed by atoms with Crippen molar-refractivity contribution in [3.63, 3.8) is 0 Å². The summed E-state index contributed by atoms with van der Waals surface area (Å²) in [7, 11) is 1.52. The largest absolute Gasteiger partial charge is 0.390 e. The molecule has 0 aromatic carbocycles. The molecule has 0 aromatic rings. The van der Waals surface area contributed by atoms with Crippen molar-refractivity contribution in [1.29, 1.82) is 0 Å². The van der Waals surface area contributed by atoms with Crippen LogP contribution in [0.1, 0.15) is 27.2 Å². The second kappa shape index (κ2) is 6.74. The zero-order valence-electron chi connectivity index (χ0n) is 9.36. The summed E-state index contributed by atoms with van der Waals surface area (Å²) in [6.45, 7) is 5.62. The van der Waals surface area contributed by atoms with Crippen LogP contribution in [0.4, 0.5) is 0 Å². The quantitative estimate of drug-likeness (QED) is 0.662. The second-order valence-electron chi connectivity index (χ2n) is 3.61. The van der Waals surface area contributed by atoms with E-state index in [1.807, 2.05) is 13.8 Å². The van der Waals surface area contributed by atoms with Crippen LogP contribution in [0, 0.1) is 5.92 Å². The van der Waals surface area contributed by atoms with Gasteiger partial charge in [-0.05, 0) is 18.1 Å². The Morgan fingerprint density at radius 2 is 2.07 bits per heavy atom. The monoisotopic (exact) mass is 200 g/mol. The number of methoxy groups -OCH3 is 1. The van der Waals surface area contributed by atoms with Crippen LogP contribution in [-0.4, -0.2) is 30.2 Å². The minimum absolute atomic E-state index is 0.0445. The SMILES string of the molecule is CCC(=O)C=C[C@H](OC)[C@H](O)C(C)C. The molecular weight excluding hydrogens is 180 g/mol. The van der Waals surface area contributed by atoms with Gasteiger partial charge in [-0.2, -0.15) is 0 Å². The van der Waals surface area contributed by atoms with E-state index in [0.717, 1.165) is 0 Å². The molecule has 0 rings (SSSR count). The van der Waals surface area contributed by atoms with Gasteiger partial charge in [-0.3, -0.25) is 4.79 Å². The first-order chi connectivity index (χ1) is 6.52. The van der Waals surface area contributed by atoms with E-state index in [0.29, 0.717) is 6.42 Å². The van der Waals surface area contributed by atoms with Crippen molar-refractivity contribution in [2.45, 2.75) is 39.4 Å². The van der Waals surface area contributed by atoms with Crippen molar-refractivity contribution in [1.82, 2.24) is 0 Å². The molecule has 1 N–H and O–H groups in total. The molecule has 0 saturated carbocycles. The predicted octanol–water partition coefficient (Wildman–Crippen LogP) is 1.55. The minimum atomic E-state index is -0.569. The molecule has 0 aromatic heterocycles. The van der Waals surface area contributed by atoms with Gasteiger partial charge in [-0.1, -0.05) is 20.8 Å². The molecule has 0 amide bonds. The first-order valence-electron chi connectivity index (χ1n) is 4.94. The van der Waals surface area contributed by atoms with Crippen LogP contribution in [0.25, 0.3) is 0 Å². The molecule has 0 heterocycles. The highest BCUT2D eigenvalue weighted by Gasteiger charge is 2.19. The summed E-state index contributed by atoms with van der Waals surface area (Å²) in [4.78, 5) is 11.0. The smallest absolute Gasteiger partial charge is 0.155 e. The molecule has 14 heavy (non-hydrogen) atoms. The van der Waals surface area contributed by atoms with E-state index < -0.39 is 12.2 Å². The Hall–Kier alpha value is -0.670. The molecule has 0 spiro atoms. The Labute approximate surface area is 85.8 Å². The molecule has 0 saturated heterocycles. The Morgan fingerprint density at radius 3 is 2.43 bits per heavy atom. The first kappa shape index (κ1) is 13.3. The molecule has 0 radical (unpaired) electrons. The third-order valence-corrected chi connectivity index (χ3v) is 2.11. The maximum atomic E-state index is 11.0. The molecule has 0 fully saturated rings. The Bertz CT molecular complexity index is 197. The molecule has 0 aliphatic heterocycles. The highest BCUT2D eigenvalue weighted by atomic mass is 16.5. The molecular formula is C11H20O3. The van der Waals surface area contributed by atoms with Gasteiger partial charge in [0, 0.05) is 13.5 Å². The van der Waals surface area contributed by atoms with Gasteiger partial charge < -0.3 is 9.84 Å². The normalized spacial score (nSPS) is 16.1. The Kier molecular flexibility index (Phi) is 6.41. The molecule has 3 heteroatoms. The average Bonchev–Trinajstić information content (AvgIpc) is 2.17. The van der Waals surface area contributed by atoms with E-state index in [-0.39, 0.29) is 11.7 Å². The lowest BCUT2D eigenvalue weighted by atomic mass is 10.0. The number of hydrogen-bond donors (Lipinski definition) is 1. The highest BCUT2D eigenvalue weighted by molar-refractivity contribution is 5.89. The number of aliphatic hydroxyl groups is 1. The summed E-state index contributed by atoms with van der Waals surface area (Å²) < 4.78 is 5.08. The number of ether oxygens (including phenoxy) is 1. The minimum Gasteiger partial charge on any atom is -0.390 e. The van der Waals surface area contributed by atoms with Crippen LogP contribution in [0.2, 0.25) is 0 Å². The number of carbonyl (C=O) groups excluding carboxylic acids is 1. The number of aliphatic hydroxyl groups excluding tert-OH is 1. The van der Waals surface area contributed by atoms with Crippen molar-refractivity contribution in [3.8, 4) is 0 Å². The lowest BCUT2D eigenvalue weighted by Crippen LogP contribution is -2.30. The van der Waals surface area contributed by atoms with Crippen molar-refractivity contribution >= 4 is 5.78 Å². The fourth-order valence-corrected chi connectivity index (χ4v) is 1.03. The molecule has 0 unspecified atom stereocenters. The molecule has 0 aliphatic carbocycles. The molecule has 82 valence electrons. The molecule has 0 aliphatic rings. The first-order valence-corrected chi connectivity index (χ1v) is 4.94. The van der Waals surface area contributed by atoms with Crippen molar-refractivity contribution in [2.24, 2.45) is 5.92 Å². The third-order valence-electron chi connectivity index (χ3n) is 2.11. The van der Waals surface area contributed by atoms with E-state index in [4.69, 9.17) is 4.74 Å². The van der Waals surface area contributed by atoms with Crippen molar-refractivity contribution in [2.75, 3.05) is 7.11 Å². The maximum Gasteiger partial charge on any atom is 0.155 e. The van der Waals surface area contributed by atoms with E-state index in [9.17, 15) is 9.90 Å². The van der Waals surface area contributed by atoms with E-state index in [1.54, 1.807) is 13.0 Å². The fraction of sp³-hybridized carbons (Fsp3) is 0.727. The Balaban J connectivity index is 4.28. The van der Waals surface area contributed by atoms with Crippen LogP contribution in [0.15, 0.2) is 12.2 Å². The second-order valence-corrected chi connectivity index (χ2v) is 3.61. The Morgan fingerprint density at radius 1 is 1.50 bits per heavy atom. The molecule has 2 atom stereocenters. The lowest BCUT2D eigenvalue weighted by molar-refractivity contribution is -0.114. The summed E-state index contributed by atoms with van der Waals surface area (Å²) in [5, 5.41) is 9.68. The van der Waals surface area contributed by atoms with Crippen LogP contribution in [0.3, 0.4) is 0 Å². The van der Waals surface area contributed by atoms with Gasteiger partial charge in [0.2, 0.25) is 0 Å². The number of ketones is 1. The molecule has 0 bridgehead atoms. The third kappa shape index (κ3) is 4.53. The summed E-state index contributed by atoms with van der Waals surface area (Å²) in [5.74, 6) is 0.157. The summed E-state index contributed by atoms with van der Waals surface area (Å²) in [6, 6.07) is 0. The maximum absolute atomic E-state index is 11.0. The number of hydrogen-bond acceptors (Lipinski definition) is 3. The van der Waals surface area contributed by atoms with Crippen LogP contribution in [0.5, 0.6) is 0 Å². The van der Waals surface area contributed by atoms with Crippen LogP contribution >= 0.6 is 0 Å².